The third kappa shape index (κ3) is 1.89. The molecule has 0 bridgehead atoms. The molecule has 0 saturated carbocycles. The van der Waals surface area contributed by atoms with Crippen molar-refractivity contribution in [3.05, 3.63) is 34.4 Å². The summed E-state index contributed by atoms with van der Waals surface area (Å²) in [5.41, 5.74) is 12.3. The molecule has 2 aromatic rings. The highest BCUT2D eigenvalue weighted by molar-refractivity contribution is 6.39. The van der Waals surface area contributed by atoms with Crippen molar-refractivity contribution < 1.29 is 0 Å². The van der Waals surface area contributed by atoms with Crippen molar-refractivity contribution in [2.24, 2.45) is 0 Å². The van der Waals surface area contributed by atoms with Gasteiger partial charge in [0.05, 0.1) is 10.0 Å². The van der Waals surface area contributed by atoms with E-state index < -0.39 is 0 Å². The van der Waals surface area contributed by atoms with Gasteiger partial charge in [0.15, 0.2) is 0 Å². The zero-order chi connectivity index (χ0) is 11.7. The second-order valence-corrected chi connectivity index (χ2v) is 3.94. The van der Waals surface area contributed by atoms with Crippen LogP contribution in [0.1, 0.15) is 0 Å². The first-order chi connectivity index (χ1) is 7.59. The number of anilines is 2. The fourth-order valence-corrected chi connectivity index (χ4v) is 1.96. The molecule has 0 atom stereocenters. The second-order valence-electron chi connectivity index (χ2n) is 3.12. The molecule has 4 nitrogen and oxygen atoms in total. The van der Waals surface area contributed by atoms with Crippen LogP contribution < -0.4 is 11.5 Å². The van der Waals surface area contributed by atoms with Crippen molar-refractivity contribution in [1.29, 1.82) is 0 Å². The standard InChI is InChI=1S/C10H8Cl2N4/c11-6-2-1-3-7(12)8(6)5-4-15-10(14)16-9(5)13/h1-4H,(H4,13,14,15,16). The lowest BCUT2D eigenvalue weighted by atomic mass is 10.1. The molecule has 6 heteroatoms. The number of hydrogen-bond donors (Lipinski definition) is 2. The van der Waals surface area contributed by atoms with Gasteiger partial charge in [-0.3, -0.25) is 0 Å². The molecule has 2 rings (SSSR count). The van der Waals surface area contributed by atoms with Crippen LogP contribution in [0.15, 0.2) is 24.4 Å². The van der Waals surface area contributed by atoms with Gasteiger partial charge < -0.3 is 11.5 Å². The minimum atomic E-state index is 0.115. The zero-order valence-corrected chi connectivity index (χ0v) is 9.63. The summed E-state index contributed by atoms with van der Waals surface area (Å²) in [4.78, 5) is 7.73. The first-order valence-corrected chi connectivity index (χ1v) is 5.17. The Morgan fingerprint density at radius 1 is 1.06 bits per heavy atom. The topological polar surface area (TPSA) is 77.8 Å². The van der Waals surface area contributed by atoms with E-state index in [-0.39, 0.29) is 11.8 Å². The monoisotopic (exact) mass is 254 g/mol. The maximum absolute atomic E-state index is 6.05. The Labute approximate surface area is 102 Å². The van der Waals surface area contributed by atoms with Crippen LogP contribution in [-0.4, -0.2) is 9.97 Å². The van der Waals surface area contributed by atoms with Crippen LogP contribution in [0, 0.1) is 0 Å². The van der Waals surface area contributed by atoms with Gasteiger partial charge >= 0.3 is 0 Å². The Bertz CT molecular complexity index is 522. The van der Waals surface area contributed by atoms with Gasteiger partial charge in [0, 0.05) is 17.3 Å². The molecule has 1 aromatic heterocycles. The summed E-state index contributed by atoms with van der Waals surface area (Å²) >= 11 is 12.1. The number of rotatable bonds is 1. The first kappa shape index (κ1) is 11.0. The zero-order valence-electron chi connectivity index (χ0n) is 8.11. The number of halogens is 2. The van der Waals surface area contributed by atoms with E-state index in [9.17, 15) is 0 Å². The van der Waals surface area contributed by atoms with E-state index in [2.05, 4.69) is 9.97 Å². The Balaban J connectivity index is 2.68. The minimum absolute atomic E-state index is 0.115. The van der Waals surface area contributed by atoms with Crippen LogP contribution in [0.4, 0.5) is 11.8 Å². The molecule has 0 saturated heterocycles. The number of nitrogens with two attached hydrogens (primary N) is 2. The highest BCUT2D eigenvalue weighted by Gasteiger charge is 2.12. The second kappa shape index (κ2) is 4.15. The largest absolute Gasteiger partial charge is 0.383 e. The van der Waals surface area contributed by atoms with E-state index in [1.165, 1.54) is 6.20 Å². The van der Waals surface area contributed by atoms with E-state index in [0.29, 0.717) is 21.2 Å². The predicted molar refractivity (Wildman–Crippen MR) is 66.3 cm³/mol. The summed E-state index contributed by atoms with van der Waals surface area (Å²) in [5, 5.41) is 0.986. The van der Waals surface area contributed by atoms with Gasteiger partial charge in [-0.2, -0.15) is 4.98 Å². The fraction of sp³-hybridized carbons (Fsp3) is 0. The van der Waals surface area contributed by atoms with E-state index >= 15 is 0 Å². The third-order valence-corrected chi connectivity index (χ3v) is 2.70. The first-order valence-electron chi connectivity index (χ1n) is 4.42. The molecule has 0 fully saturated rings. The van der Waals surface area contributed by atoms with Gasteiger partial charge in [-0.05, 0) is 12.1 Å². The van der Waals surface area contributed by atoms with Gasteiger partial charge in [0.25, 0.3) is 0 Å². The van der Waals surface area contributed by atoms with Crippen molar-refractivity contribution >= 4 is 35.0 Å². The van der Waals surface area contributed by atoms with Gasteiger partial charge in [-0.25, -0.2) is 4.98 Å². The van der Waals surface area contributed by atoms with E-state index in [1.54, 1.807) is 18.2 Å². The SMILES string of the molecule is Nc1ncc(-c2c(Cl)cccc2Cl)c(N)n1. The molecule has 0 radical (unpaired) electrons. The molecule has 0 spiro atoms. The Morgan fingerprint density at radius 2 is 1.69 bits per heavy atom. The molecular formula is C10H8Cl2N4. The Kier molecular flexibility index (Phi) is 2.85. The lowest BCUT2D eigenvalue weighted by molar-refractivity contribution is 1.20. The van der Waals surface area contributed by atoms with Crippen LogP contribution in [0.2, 0.25) is 10.0 Å². The lowest BCUT2D eigenvalue weighted by Crippen LogP contribution is -2.01. The van der Waals surface area contributed by atoms with Crippen LogP contribution in [0.25, 0.3) is 11.1 Å². The van der Waals surface area contributed by atoms with Crippen molar-refractivity contribution in [3.8, 4) is 11.1 Å². The van der Waals surface area contributed by atoms with Gasteiger partial charge in [0.1, 0.15) is 5.82 Å². The molecule has 1 heterocycles. The number of nitrogens with zero attached hydrogens (tertiary/aromatic N) is 2. The van der Waals surface area contributed by atoms with Crippen LogP contribution in [0.5, 0.6) is 0 Å². The molecule has 0 aliphatic carbocycles. The third-order valence-electron chi connectivity index (χ3n) is 2.07. The Morgan fingerprint density at radius 3 is 2.25 bits per heavy atom. The van der Waals surface area contributed by atoms with E-state index in [1.807, 2.05) is 0 Å². The summed E-state index contributed by atoms with van der Waals surface area (Å²) in [5.74, 6) is 0.368. The molecule has 82 valence electrons. The van der Waals surface area contributed by atoms with Gasteiger partial charge in [0.2, 0.25) is 5.95 Å². The maximum atomic E-state index is 6.05. The molecule has 0 aliphatic heterocycles. The molecule has 4 N–H and O–H groups in total. The quantitative estimate of drug-likeness (QED) is 0.820. The fourth-order valence-electron chi connectivity index (χ4n) is 1.36. The smallest absolute Gasteiger partial charge is 0.221 e. The normalized spacial score (nSPS) is 10.4. The molecule has 1 aromatic carbocycles. The van der Waals surface area contributed by atoms with Crippen LogP contribution in [0.3, 0.4) is 0 Å². The number of nitrogen functional groups attached to an aromatic ring is 2. The van der Waals surface area contributed by atoms with E-state index in [0.717, 1.165) is 0 Å². The van der Waals surface area contributed by atoms with Crippen LogP contribution >= 0.6 is 23.2 Å². The van der Waals surface area contributed by atoms with E-state index in [4.69, 9.17) is 34.7 Å². The minimum Gasteiger partial charge on any atom is -0.383 e. The number of aromatic nitrogens is 2. The molecule has 16 heavy (non-hydrogen) atoms. The summed E-state index contributed by atoms with van der Waals surface area (Å²) in [6.07, 6.45) is 1.50. The van der Waals surface area contributed by atoms with Gasteiger partial charge in [-0.1, -0.05) is 29.3 Å². The summed E-state index contributed by atoms with van der Waals surface area (Å²) in [7, 11) is 0. The molecular weight excluding hydrogens is 247 g/mol. The summed E-state index contributed by atoms with van der Waals surface area (Å²) in [6.45, 7) is 0. The molecule has 0 aliphatic rings. The van der Waals surface area contributed by atoms with Crippen molar-refractivity contribution in [3.63, 3.8) is 0 Å². The van der Waals surface area contributed by atoms with Crippen LogP contribution in [-0.2, 0) is 0 Å². The van der Waals surface area contributed by atoms with Gasteiger partial charge in [-0.15, -0.1) is 0 Å². The highest BCUT2D eigenvalue weighted by Crippen LogP contribution is 2.36. The average molecular weight is 255 g/mol. The Hall–Kier alpha value is -1.52. The van der Waals surface area contributed by atoms with Crippen molar-refractivity contribution in [2.75, 3.05) is 11.5 Å². The maximum Gasteiger partial charge on any atom is 0.221 e. The average Bonchev–Trinajstić information content (AvgIpc) is 2.20. The summed E-state index contributed by atoms with van der Waals surface area (Å²) in [6, 6.07) is 5.19. The van der Waals surface area contributed by atoms with Crippen molar-refractivity contribution in [1.82, 2.24) is 9.97 Å². The highest BCUT2D eigenvalue weighted by atomic mass is 35.5. The van der Waals surface area contributed by atoms with Crippen molar-refractivity contribution in [2.45, 2.75) is 0 Å². The summed E-state index contributed by atoms with van der Waals surface area (Å²) < 4.78 is 0. The molecule has 0 amide bonds. The lowest BCUT2D eigenvalue weighted by Gasteiger charge is -2.08. The number of hydrogen-bond acceptors (Lipinski definition) is 4. The molecule has 0 unspecified atom stereocenters. The number of benzene rings is 1. The predicted octanol–water partition coefficient (Wildman–Crippen LogP) is 2.61.